The molecule has 1 aliphatic rings. The van der Waals surface area contributed by atoms with Gasteiger partial charge in [-0.2, -0.15) is 4.98 Å². The zero-order chi connectivity index (χ0) is 23.0. The van der Waals surface area contributed by atoms with Crippen LogP contribution in [-0.2, 0) is 4.79 Å². The van der Waals surface area contributed by atoms with Crippen LogP contribution in [0.3, 0.4) is 0 Å². The summed E-state index contributed by atoms with van der Waals surface area (Å²) in [5, 5.41) is 10.8. The lowest BCUT2D eigenvalue weighted by Crippen LogP contribution is -2.80. The Balaban J connectivity index is 1.38. The number of quaternary nitrogens is 1. The Morgan fingerprint density at radius 1 is 1.12 bits per heavy atom. The Labute approximate surface area is 193 Å². The summed E-state index contributed by atoms with van der Waals surface area (Å²) in [5.74, 6) is 2.75. The summed E-state index contributed by atoms with van der Waals surface area (Å²) in [5.41, 5.74) is 1.85. The summed E-state index contributed by atoms with van der Waals surface area (Å²) in [6.07, 6.45) is 6.50. The second-order valence-corrected chi connectivity index (χ2v) is 8.05. The number of aromatic nitrogens is 2. The van der Waals surface area contributed by atoms with E-state index in [0.29, 0.717) is 17.2 Å². The van der Waals surface area contributed by atoms with Crippen LogP contribution in [-0.4, -0.2) is 46.1 Å². The number of nitrogens with zero attached hydrogens (tertiary/aromatic N) is 3. The van der Waals surface area contributed by atoms with Crippen LogP contribution in [0.5, 0.6) is 11.5 Å². The van der Waals surface area contributed by atoms with E-state index in [0.717, 1.165) is 55.4 Å². The zero-order valence-corrected chi connectivity index (χ0v) is 18.5. The fourth-order valence-electron chi connectivity index (χ4n) is 3.96. The molecule has 1 aromatic heterocycles. The van der Waals surface area contributed by atoms with Gasteiger partial charge in [0.25, 0.3) is 0 Å². The fraction of sp³-hybridized carbons (Fsp3) is 0.231. The molecule has 0 radical (unpaired) electrons. The quantitative estimate of drug-likeness (QED) is 0.413. The SMILES string of the molecule is C=CC(=O)N1CCC(C[NH2+]c2ncncc2C(=N)c2ccc(Oc3ccccc3)cc2)CC1. The average molecular weight is 443 g/mol. The second kappa shape index (κ2) is 10.7. The summed E-state index contributed by atoms with van der Waals surface area (Å²) in [4.78, 5) is 22.2. The van der Waals surface area contributed by atoms with Crippen molar-refractivity contribution in [2.45, 2.75) is 12.8 Å². The molecule has 1 amide bonds. The van der Waals surface area contributed by atoms with Gasteiger partial charge in [-0.3, -0.25) is 15.5 Å². The standard InChI is InChI=1S/C26H27N5O2/c1-2-24(32)31-14-12-19(13-15-31)16-29-26-23(17-28-18-30-26)25(27)20-8-10-22(11-9-20)33-21-6-4-3-5-7-21/h2-11,17-19,27H,1,12-16H2,(H,28,29,30)/p+1. The van der Waals surface area contributed by atoms with Crippen molar-refractivity contribution in [2.75, 3.05) is 19.6 Å². The first kappa shape index (κ1) is 22.4. The molecule has 33 heavy (non-hydrogen) atoms. The van der Waals surface area contributed by atoms with Crippen LogP contribution >= 0.6 is 0 Å². The number of hydrogen-bond donors (Lipinski definition) is 2. The average Bonchev–Trinajstić information content (AvgIpc) is 2.88. The molecule has 0 aliphatic carbocycles. The molecule has 2 heterocycles. The van der Waals surface area contributed by atoms with Crippen LogP contribution < -0.4 is 10.1 Å². The minimum atomic E-state index is 0.00384. The van der Waals surface area contributed by atoms with Gasteiger partial charge in [-0.25, -0.2) is 4.98 Å². The molecule has 3 aromatic rings. The van der Waals surface area contributed by atoms with Crippen LogP contribution in [0.1, 0.15) is 24.0 Å². The van der Waals surface area contributed by atoms with E-state index in [4.69, 9.17) is 10.1 Å². The number of piperidine rings is 1. The maximum absolute atomic E-state index is 11.8. The van der Waals surface area contributed by atoms with Crippen LogP contribution in [0, 0.1) is 11.3 Å². The van der Waals surface area contributed by atoms with Crippen LogP contribution in [0.4, 0.5) is 5.82 Å². The van der Waals surface area contributed by atoms with Crippen molar-refractivity contribution in [1.82, 2.24) is 14.9 Å². The lowest BCUT2D eigenvalue weighted by molar-refractivity contribution is -0.582. The van der Waals surface area contributed by atoms with Crippen LogP contribution in [0.25, 0.3) is 0 Å². The molecule has 3 N–H and O–H groups in total. The molecule has 0 atom stereocenters. The summed E-state index contributed by atoms with van der Waals surface area (Å²) in [6.45, 7) is 5.94. The number of carbonyl (C=O) groups is 1. The lowest BCUT2D eigenvalue weighted by Gasteiger charge is -2.30. The fourth-order valence-corrected chi connectivity index (χ4v) is 3.96. The highest BCUT2D eigenvalue weighted by molar-refractivity contribution is 6.12. The van der Waals surface area contributed by atoms with Crippen LogP contribution in [0.15, 0.2) is 79.8 Å². The van der Waals surface area contributed by atoms with E-state index in [-0.39, 0.29) is 5.91 Å². The molecule has 1 fully saturated rings. The first-order valence-electron chi connectivity index (χ1n) is 11.1. The molecule has 1 aliphatic heterocycles. The third-order valence-electron chi connectivity index (χ3n) is 5.88. The molecule has 7 nitrogen and oxygen atoms in total. The molecule has 7 heteroatoms. The molecule has 2 aromatic carbocycles. The third kappa shape index (κ3) is 5.70. The minimum absolute atomic E-state index is 0.00384. The number of para-hydroxylation sites is 1. The number of carbonyl (C=O) groups excluding carboxylic acids is 1. The van der Waals surface area contributed by atoms with Gasteiger partial charge in [0, 0.05) is 30.8 Å². The maximum atomic E-state index is 11.8. The van der Waals surface area contributed by atoms with E-state index in [9.17, 15) is 4.79 Å². The summed E-state index contributed by atoms with van der Waals surface area (Å²) in [7, 11) is 0. The number of hydrogen-bond acceptors (Lipinski definition) is 5. The Morgan fingerprint density at radius 3 is 2.52 bits per heavy atom. The van der Waals surface area contributed by atoms with Crippen molar-refractivity contribution >= 4 is 17.4 Å². The van der Waals surface area contributed by atoms with Gasteiger partial charge in [0.05, 0.1) is 17.8 Å². The van der Waals surface area contributed by atoms with Gasteiger partial charge < -0.3 is 9.64 Å². The molecule has 0 spiro atoms. The Kier molecular flexibility index (Phi) is 7.22. The van der Waals surface area contributed by atoms with E-state index in [2.05, 4.69) is 21.9 Å². The minimum Gasteiger partial charge on any atom is -0.457 e. The highest BCUT2D eigenvalue weighted by Gasteiger charge is 2.24. The Bertz CT molecular complexity index is 1110. The predicted molar refractivity (Wildman–Crippen MR) is 127 cm³/mol. The second-order valence-electron chi connectivity index (χ2n) is 8.05. The number of ether oxygens (including phenoxy) is 1. The van der Waals surface area contributed by atoms with E-state index in [1.807, 2.05) is 59.5 Å². The topological polar surface area (TPSA) is 95.8 Å². The monoisotopic (exact) mass is 442 g/mol. The predicted octanol–water partition coefficient (Wildman–Crippen LogP) is 3.30. The van der Waals surface area contributed by atoms with Gasteiger partial charge in [0.1, 0.15) is 17.8 Å². The normalized spacial score (nSPS) is 14.0. The number of rotatable bonds is 8. The number of amides is 1. The van der Waals surface area contributed by atoms with Crippen molar-refractivity contribution in [3.63, 3.8) is 0 Å². The molecule has 4 rings (SSSR count). The third-order valence-corrected chi connectivity index (χ3v) is 5.88. The highest BCUT2D eigenvalue weighted by Crippen LogP contribution is 2.23. The molecule has 168 valence electrons. The molecule has 0 saturated carbocycles. The van der Waals surface area contributed by atoms with Crippen LogP contribution in [0.2, 0.25) is 0 Å². The largest absolute Gasteiger partial charge is 0.457 e. The van der Waals surface area contributed by atoms with Gasteiger partial charge in [-0.05, 0) is 55.3 Å². The van der Waals surface area contributed by atoms with Crippen molar-refractivity contribution in [3.8, 4) is 11.5 Å². The van der Waals surface area contributed by atoms with Gasteiger partial charge in [-0.15, -0.1) is 0 Å². The van der Waals surface area contributed by atoms with E-state index in [1.165, 1.54) is 12.4 Å². The lowest BCUT2D eigenvalue weighted by atomic mass is 9.96. The number of nitrogens with two attached hydrogens (primary N) is 1. The molecular weight excluding hydrogens is 414 g/mol. The van der Waals surface area contributed by atoms with Crippen molar-refractivity contribution < 1.29 is 14.8 Å². The number of nitrogens with one attached hydrogen (secondary N) is 1. The smallest absolute Gasteiger partial charge is 0.245 e. The summed E-state index contributed by atoms with van der Waals surface area (Å²) < 4.78 is 5.85. The van der Waals surface area contributed by atoms with E-state index >= 15 is 0 Å². The van der Waals surface area contributed by atoms with Gasteiger partial charge in [0.15, 0.2) is 0 Å². The number of benzene rings is 2. The molecule has 1 saturated heterocycles. The number of likely N-dealkylation sites (tertiary alicyclic amines) is 1. The van der Waals surface area contributed by atoms with E-state index < -0.39 is 0 Å². The first-order valence-corrected chi connectivity index (χ1v) is 11.1. The van der Waals surface area contributed by atoms with Gasteiger partial charge in [0.2, 0.25) is 11.7 Å². The summed E-state index contributed by atoms with van der Waals surface area (Å²) >= 11 is 0. The van der Waals surface area contributed by atoms with Crippen molar-refractivity contribution in [1.29, 1.82) is 5.41 Å². The maximum Gasteiger partial charge on any atom is 0.245 e. The van der Waals surface area contributed by atoms with Crippen molar-refractivity contribution in [3.05, 3.63) is 90.9 Å². The molecule has 0 bridgehead atoms. The first-order chi connectivity index (χ1) is 16.1. The summed E-state index contributed by atoms with van der Waals surface area (Å²) in [6, 6.07) is 17.1. The molecular formula is C26H28N5O2+. The Morgan fingerprint density at radius 2 is 1.82 bits per heavy atom. The Hall–Kier alpha value is -3.84. The van der Waals surface area contributed by atoms with E-state index in [1.54, 1.807) is 6.20 Å². The van der Waals surface area contributed by atoms with Crippen molar-refractivity contribution in [2.24, 2.45) is 5.92 Å². The highest BCUT2D eigenvalue weighted by atomic mass is 16.5. The van der Waals surface area contributed by atoms with Gasteiger partial charge in [-0.1, -0.05) is 24.8 Å². The molecule has 0 unspecified atom stereocenters. The van der Waals surface area contributed by atoms with Gasteiger partial charge >= 0.3 is 0 Å². The zero-order valence-electron chi connectivity index (χ0n) is 18.5.